The van der Waals surface area contributed by atoms with E-state index in [9.17, 15) is 0 Å². The van der Waals surface area contributed by atoms with E-state index < -0.39 is 0 Å². The van der Waals surface area contributed by atoms with Crippen LogP contribution in [0.25, 0.3) is 94.1 Å². The van der Waals surface area contributed by atoms with Crippen LogP contribution < -0.4 is 0 Å². The Balaban J connectivity index is 1.11. The fourth-order valence-electron chi connectivity index (χ4n) is 8.28. The molecule has 0 aliphatic heterocycles. The molecular weight excluding hydrogens is 631 g/mol. The van der Waals surface area contributed by atoms with Crippen LogP contribution in [0.2, 0.25) is 0 Å². The first-order valence-corrected chi connectivity index (χ1v) is 17.9. The van der Waals surface area contributed by atoms with Crippen LogP contribution in [0, 0.1) is 0 Å². The molecule has 0 spiro atoms. The maximum atomic E-state index is 5.10. The molecule has 0 fully saturated rings. The van der Waals surface area contributed by atoms with E-state index in [1.165, 1.54) is 65.6 Å². The third-order valence-electron chi connectivity index (χ3n) is 10.8. The highest BCUT2D eigenvalue weighted by Gasteiger charge is 2.26. The third kappa shape index (κ3) is 4.53. The Labute approximate surface area is 301 Å². The first kappa shape index (κ1) is 28.9. The second-order valence-electron chi connectivity index (χ2n) is 13.8. The number of hydrogen-bond donors (Lipinski definition) is 0. The molecule has 242 valence electrons. The Morgan fingerprint density at radius 3 is 1.65 bits per heavy atom. The molecule has 10 aromatic rings. The Hall–Kier alpha value is -6.84. The van der Waals surface area contributed by atoms with Gasteiger partial charge in [-0.15, -0.1) is 0 Å². The van der Waals surface area contributed by atoms with E-state index in [1.54, 1.807) is 0 Å². The molecule has 8 aromatic carbocycles. The molecule has 0 saturated carbocycles. The van der Waals surface area contributed by atoms with Crippen molar-refractivity contribution in [3.8, 4) is 50.7 Å². The van der Waals surface area contributed by atoms with Gasteiger partial charge in [-0.1, -0.05) is 127 Å². The fourth-order valence-corrected chi connectivity index (χ4v) is 8.28. The smallest absolute Gasteiger partial charge is 0.160 e. The molecule has 2 aromatic heterocycles. The number of rotatable bonds is 4. The van der Waals surface area contributed by atoms with Crippen LogP contribution in [0.3, 0.4) is 0 Å². The van der Waals surface area contributed by atoms with Crippen LogP contribution >= 0.6 is 0 Å². The first-order chi connectivity index (χ1) is 25.7. The summed E-state index contributed by atoms with van der Waals surface area (Å²) in [4.78, 5) is 10.2. The van der Waals surface area contributed by atoms with Gasteiger partial charge in [0.05, 0.1) is 22.4 Å². The summed E-state index contributed by atoms with van der Waals surface area (Å²) < 4.78 is 2.49. The molecule has 0 amide bonds. The number of aromatic nitrogens is 3. The summed E-state index contributed by atoms with van der Waals surface area (Å²) in [6, 6.07) is 63.2. The highest BCUT2D eigenvalue weighted by atomic mass is 15.0. The minimum absolute atomic E-state index is 0.711. The van der Waals surface area contributed by atoms with Crippen LogP contribution in [-0.4, -0.2) is 14.5 Å². The van der Waals surface area contributed by atoms with Crippen molar-refractivity contribution in [2.45, 2.75) is 6.42 Å². The second kappa shape index (κ2) is 11.3. The molecule has 11 rings (SSSR count). The molecule has 1 aliphatic rings. The summed E-state index contributed by atoms with van der Waals surface area (Å²) in [5.41, 5.74) is 14.0. The van der Waals surface area contributed by atoms with E-state index in [1.807, 2.05) is 12.1 Å². The van der Waals surface area contributed by atoms with Gasteiger partial charge < -0.3 is 4.57 Å². The maximum absolute atomic E-state index is 5.10. The van der Waals surface area contributed by atoms with Crippen molar-refractivity contribution in [3.63, 3.8) is 0 Å². The lowest BCUT2D eigenvalue weighted by Crippen LogP contribution is -1.98. The number of nitrogens with zero attached hydrogens (tertiary/aromatic N) is 3. The van der Waals surface area contributed by atoms with Crippen LogP contribution in [0.15, 0.2) is 176 Å². The molecule has 0 unspecified atom stereocenters. The van der Waals surface area contributed by atoms with Gasteiger partial charge in [0.25, 0.3) is 0 Å². The average molecular weight is 662 g/mol. The van der Waals surface area contributed by atoms with Gasteiger partial charge in [-0.05, 0) is 92.3 Å². The highest BCUT2D eigenvalue weighted by Crippen LogP contribution is 2.46. The van der Waals surface area contributed by atoms with Crippen LogP contribution in [-0.2, 0) is 6.42 Å². The largest absolute Gasteiger partial charge is 0.309 e. The van der Waals surface area contributed by atoms with Gasteiger partial charge in [-0.3, -0.25) is 0 Å². The Morgan fingerprint density at radius 2 is 1.00 bits per heavy atom. The van der Waals surface area contributed by atoms with Gasteiger partial charge in [0.1, 0.15) is 0 Å². The van der Waals surface area contributed by atoms with Crippen molar-refractivity contribution in [1.82, 2.24) is 14.5 Å². The van der Waals surface area contributed by atoms with Crippen LogP contribution in [0.1, 0.15) is 11.1 Å². The monoisotopic (exact) mass is 661 g/mol. The quantitative estimate of drug-likeness (QED) is 0.188. The normalized spacial score (nSPS) is 12.2. The Morgan fingerprint density at radius 1 is 0.423 bits per heavy atom. The zero-order valence-electron chi connectivity index (χ0n) is 28.3. The average Bonchev–Trinajstić information content (AvgIpc) is 3.74. The van der Waals surface area contributed by atoms with E-state index in [0.29, 0.717) is 5.82 Å². The van der Waals surface area contributed by atoms with Crippen molar-refractivity contribution in [1.29, 1.82) is 0 Å². The number of hydrogen-bond acceptors (Lipinski definition) is 2. The van der Waals surface area contributed by atoms with Gasteiger partial charge in [0.15, 0.2) is 5.82 Å². The molecule has 0 radical (unpaired) electrons. The summed E-state index contributed by atoms with van der Waals surface area (Å²) in [5, 5.41) is 7.62. The summed E-state index contributed by atoms with van der Waals surface area (Å²) >= 11 is 0. The van der Waals surface area contributed by atoms with E-state index in [0.717, 1.165) is 40.2 Å². The lowest BCUT2D eigenvalue weighted by molar-refractivity contribution is 1.15. The summed E-state index contributed by atoms with van der Waals surface area (Å²) in [7, 11) is 0. The first-order valence-electron chi connectivity index (χ1n) is 17.9. The zero-order valence-corrected chi connectivity index (χ0v) is 28.3. The summed E-state index contributed by atoms with van der Waals surface area (Å²) in [6.07, 6.45) is 0.906. The Bertz CT molecular complexity index is 2960. The molecule has 0 N–H and O–H groups in total. The molecule has 0 atom stereocenters. The summed E-state index contributed by atoms with van der Waals surface area (Å²) in [5.74, 6) is 0.711. The third-order valence-corrected chi connectivity index (χ3v) is 10.8. The Kier molecular flexibility index (Phi) is 6.31. The van der Waals surface area contributed by atoms with Crippen molar-refractivity contribution in [3.05, 3.63) is 187 Å². The SMILES string of the molecule is c1ccc(-c2cc(-c3ccccc3)nc(-c3ccc(-n4c5cc6ccccc6cc5c5ccc6c(c54)Cc4cc5ccccc5cc4-6)cc3)n2)cc1. The van der Waals surface area contributed by atoms with Crippen molar-refractivity contribution < 1.29 is 0 Å². The highest BCUT2D eigenvalue weighted by molar-refractivity contribution is 6.16. The van der Waals surface area contributed by atoms with E-state index in [4.69, 9.17) is 9.97 Å². The number of fused-ring (bicyclic) bond motifs is 9. The second-order valence-corrected chi connectivity index (χ2v) is 13.8. The van der Waals surface area contributed by atoms with Gasteiger partial charge in [0, 0.05) is 39.6 Å². The van der Waals surface area contributed by atoms with Crippen LogP contribution in [0.5, 0.6) is 0 Å². The molecular formula is C49H31N3. The van der Waals surface area contributed by atoms with E-state index >= 15 is 0 Å². The molecule has 0 saturated heterocycles. The van der Waals surface area contributed by atoms with Gasteiger partial charge >= 0.3 is 0 Å². The molecule has 1 aliphatic carbocycles. The van der Waals surface area contributed by atoms with Gasteiger partial charge in [-0.25, -0.2) is 9.97 Å². The predicted octanol–water partition coefficient (Wildman–Crippen LogP) is 12.5. The summed E-state index contributed by atoms with van der Waals surface area (Å²) in [6.45, 7) is 0. The minimum Gasteiger partial charge on any atom is -0.309 e. The van der Waals surface area contributed by atoms with Crippen molar-refractivity contribution in [2.24, 2.45) is 0 Å². The lowest BCUT2D eigenvalue weighted by atomic mass is 9.99. The topological polar surface area (TPSA) is 30.7 Å². The van der Waals surface area contributed by atoms with Crippen molar-refractivity contribution >= 4 is 43.4 Å². The molecule has 3 heteroatoms. The van der Waals surface area contributed by atoms with Gasteiger partial charge in [0.2, 0.25) is 0 Å². The van der Waals surface area contributed by atoms with E-state index in [2.05, 4.69) is 168 Å². The molecule has 52 heavy (non-hydrogen) atoms. The molecule has 3 nitrogen and oxygen atoms in total. The maximum Gasteiger partial charge on any atom is 0.160 e. The van der Waals surface area contributed by atoms with Crippen LogP contribution in [0.4, 0.5) is 0 Å². The lowest BCUT2D eigenvalue weighted by Gasteiger charge is -2.13. The standard InChI is InChI=1S/C49H31N3/c1-3-11-31(12-4-1)45-30-46(32-13-5-2-6-14-32)51-49(50-45)33-19-21-39(22-20-33)52-47-29-37-18-10-9-17-36(37)27-43(47)41-24-23-40-42-26-35-16-8-7-15-34(35)25-38(42)28-44(40)48(41)52/h1-27,29-30H,28H2. The van der Waals surface area contributed by atoms with Crippen molar-refractivity contribution in [2.75, 3.05) is 0 Å². The molecule has 0 bridgehead atoms. The fraction of sp³-hybridized carbons (Fsp3) is 0.0204. The predicted molar refractivity (Wildman–Crippen MR) is 216 cm³/mol. The van der Waals surface area contributed by atoms with E-state index in [-0.39, 0.29) is 0 Å². The minimum atomic E-state index is 0.711. The molecule has 2 heterocycles. The number of benzene rings is 8. The van der Waals surface area contributed by atoms with Gasteiger partial charge in [-0.2, -0.15) is 0 Å². The zero-order chi connectivity index (χ0) is 34.2.